The number of aromatic nitrogens is 3. The zero-order chi connectivity index (χ0) is 53.6. The molecule has 4 N–H and O–H groups in total. The minimum atomic E-state index is -1.85. The molecule has 17 heteroatoms. The van der Waals surface area contributed by atoms with Crippen LogP contribution in [0.25, 0.3) is 32.7 Å². The van der Waals surface area contributed by atoms with Gasteiger partial charge in [0, 0.05) is 75.5 Å². The van der Waals surface area contributed by atoms with Gasteiger partial charge < -0.3 is 39.1 Å². The first-order valence-electron chi connectivity index (χ1n) is 25.3. The molecule has 0 radical (unpaired) electrons. The van der Waals surface area contributed by atoms with E-state index in [1.165, 1.54) is 6.07 Å². The van der Waals surface area contributed by atoms with E-state index in [4.69, 9.17) is 9.47 Å². The van der Waals surface area contributed by atoms with Gasteiger partial charge in [-0.2, -0.15) is 8.78 Å². The molecule has 0 bridgehead atoms. The lowest BCUT2D eigenvalue weighted by atomic mass is 9.77. The van der Waals surface area contributed by atoms with Crippen molar-refractivity contribution in [2.24, 2.45) is 0 Å². The predicted octanol–water partition coefficient (Wildman–Crippen LogP) is 10.8. The maximum absolute atomic E-state index is 14.5. The smallest absolute Gasteiger partial charge is 0.360 e. The molecule has 0 saturated heterocycles. The first-order valence-corrected chi connectivity index (χ1v) is 25.3. The molecule has 0 unspecified atom stereocenters. The summed E-state index contributed by atoms with van der Waals surface area (Å²) in [6.07, 6.45) is 1.57. The Balaban J connectivity index is 0.725. The van der Waals surface area contributed by atoms with E-state index in [1.807, 2.05) is 95.9 Å². The number of H-pyrrole nitrogens is 3. The van der Waals surface area contributed by atoms with E-state index in [2.05, 4.69) is 44.5 Å². The van der Waals surface area contributed by atoms with Crippen LogP contribution in [0, 0.1) is 23.3 Å². The van der Waals surface area contributed by atoms with E-state index in [-0.39, 0.29) is 36.0 Å². The second-order valence-electron chi connectivity index (χ2n) is 19.6. The summed E-state index contributed by atoms with van der Waals surface area (Å²) < 4.78 is 66.5. The van der Waals surface area contributed by atoms with Crippen molar-refractivity contribution in [2.45, 2.75) is 24.8 Å². The summed E-state index contributed by atoms with van der Waals surface area (Å²) in [6, 6.07) is 44.2. The van der Waals surface area contributed by atoms with E-state index in [0.29, 0.717) is 66.9 Å². The summed E-state index contributed by atoms with van der Waals surface area (Å²) in [5.41, 5.74) is 9.28. The Hall–Kier alpha value is -9.48. The van der Waals surface area contributed by atoms with Gasteiger partial charge in [0.25, 0.3) is 11.8 Å². The lowest BCUT2D eigenvalue weighted by Gasteiger charge is -2.37. The number of fused-ring (bicyclic) bond motifs is 9. The quantitative estimate of drug-likeness (QED) is 0.0330. The van der Waals surface area contributed by atoms with Crippen LogP contribution >= 0.6 is 0 Å². The number of benzene rings is 7. The van der Waals surface area contributed by atoms with Crippen molar-refractivity contribution in [3.05, 3.63) is 219 Å². The highest BCUT2D eigenvalue weighted by Gasteiger charge is 2.39. The fourth-order valence-electron chi connectivity index (χ4n) is 11.8. The molecule has 3 amide bonds. The molecule has 0 spiro atoms. The Morgan fingerprint density at radius 2 is 0.949 bits per heavy atom. The molecular formula is C61H45F4N7O6. The Morgan fingerprint density at radius 3 is 1.42 bits per heavy atom. The number of hydrogen-bond donors (Lipinski definition) is 4. The molecule has 0 atom stereocenters. The maximum Gasteiger partial charge on any atom is 0.360 e. The van der Waals surface area contributed by atoms with Gasteiger partial charge in [0.15, 0.2) is 11.6 Å². The molecular weight excluding hydrogens is 1000 g/mol. The standard InChI is InChI=1S/C61H45F4N7O6/c1-77-36-14-12-35(13-15-36)61(33-8-4-2-5-9-33,34-10-6-3-7-11-34)66-32-54(73)70-25-22-37-40-28-48(67-45(40)16-19-51(37)70)58(74)71-26-23-38-41-29-49(68-46(41)17-20-52(38)71)59(75)72-27-24-39-42-30-50(69-47(42)18-21-53(39)72)60(76)78-57-55(64)43(62)31-44(63)56(57)65/h2-21,28-31,66-69H,22-27,32H2,1H3. The zero-order valence-corrected chi connectivity index (χ0v) is 41.6. The van der Waals surface area contributed by atoms with Crippen LogP contribution in [-0.2, 0) is 29.6 Å². The number of hydrogen-bond acceptors (Lipinski definition) is 7. The van der Waals surface area contributed by atoms with E-state index in [1.54, 1.807) is 35.1 Å². The van der Waals surface area contributed by atoms with Gasteiger partial charge in [0.05, 0.1) is 19.2 Å². The monoisotopic (exact) mass is 1050 g/mol. The molecule has 6 heterocycles. The first-order chi connectivity index (χ1) is 37.9. The number of rotatable bonds is 11. The highest BCUT2D eigenvalue weighted by atomic mass is 19.2. The van der Waals surface area contributed by atoms with Crippen LogP contribution in [0.3, 0.4) is 0 Å². The number of ether oxygens (including phenoxy) is 2. The minimum Gasteiger partial charge on any atom is -0.497 e. The third kappa shape index (κ3) is 7.70. The number of nitrogens with one attached hydrogen (secondary N) is 4. The molecule has 10 aromatic rings. The van der Waals surface area contributed by atoms with Gasteiger partial charge >= 0.3 is 5.97 Å². The lowest BCUT2D eigenvalue weighted by molar-refractivity contribution is -0.117. The summed E-state index contributed by atoms with van der Waals surface area (Å²) in [6.45, 7) is 1.23. The van der Waals surface area contributed by atoms with Crippen LogP contribution in [0.2, 0.25) is 0 Å². The van der Waals surface area contributed by atoms with Gasteiger partial charge in [-0.3, -0.25) is 19.7 Å². The van der Waals surface area contributed by atoms with Gasteiger partial charge in [-0.1, -0.05) is 72.8 Å². The van der Waals surface area contributed by atoms with Gasteiger partial charge in [-0.15, -0.1) is 0 Å². The van der Waals surface area contributed by atoms with Gasteiger partial charge in [-0.25, -0.2) is 13.6 Å². The number of carbonyl (C=O) groups is 4. The van der Waals surface area contributed by atoms with Crippen LogP contribution in [0.15, 0.2) is 146 Å². The van der Waals surface area contributed by atoms with Crippen LogP contribution < -0.4 is 29.5 Å². The third-order valence-electron chi connectivity index (χ3n) is 15.5. The number of nitrogens with zero attached hydrogens (tertiary/aromatic N) is 3. The number of carbonyl (C=O) groups excluding carboxylic acids is 4. The molecule has 13 rings (SSSR count). The summed E-state index contributed by atoms with van der Waals surface area (Å²) in [4.78, 5) is 70.9. The number of amides is 3. The predicted molar refractivity (Wildman–Crippen MR) is 287 cm³/mol. The zero-order valence-electron chi connectivity index (χ0n) is 41.6. The second kappa shape index (κ2) is 18.7. The highest BCUT2D eigenvalue weighted by molar-refractivity contribution is 6.14. The summed E-state index contributed by atoms with van der Waals surface area (Å²) >= 11 is 0. The molecule has 3 aliphatic rings. The topological polar surface area (TPSA) is 156 Å². The van der Waals surface area contributed by atoms with Crippen molar-refractivity contribution < 1.29 is 46.2 Å². The molecule has 0 aliphatic carbocycles. The van der Waals surface area contributed by atoms with Crippen molar-refractivity contribution in [1.82, 2.24) is 20.3 Å². The van der Waals surface area contributed by atoms with Crippen LogP contribution in [-0.4, -0.2) is 71.9 Å². The number of aromatic amines is 3. The molecule has 388 valence electrons. The summed E-state index contributed by atoms with van der Waals surface area (Å²) in [5.74, 6) is -9.78. The number of methoxy groups -OCH3 is 1. The van der Waals surface area contributed by atoms with Crippen molar-refractivity contribution in [3.8, 4) is 11.5 Å². The van der Waals surface area contributed by atoms with Crippen LogP contribution in [0.5, 0.6) is 11.5 Å². The van der Waals surface area contributed by atoms with Gasteiger partial charge in [0.1, 0.15) is 22.8 Å². The van der Waals surface area contributed by atoms with E-state index >= 15 is 0 Å². The SMILES string of the molecule is COc1ccc(C(NCC(=O)N2CCc3c2ccc2[nH]c(C(=O)N4CCc5c4ccc4[nH]c(C(=O)N6CCc7c6ccc6[nH]c(C(=O)Oc8c(F)c(F)cc(F)c8F)cc76)cc54)cc32)(c2ccccc2)c2ccccc2)cc1. The maximum atomic E-state index is 14.5. The van der Waals surface area contributed by atoms with E-state index < -0.39 is 40.5 Å². The Kier molecular flexibility index (Phi) is 11.5. The average Bonchev–Trinajstić information content (AvgIpc) is 4.51. The third-order valence-corrected chi connectivity index (χ3v) is 15.5. The van der Waals surface area contributed by atoms with Crippen molar-refractivity contribution in [1.29, 1.82) is 0 Å². The largest absolute Gasteiger partial charge is 0.497 e. The van der Waals surface area contributed by atoms with Crippen LogP contribution in [0.4, 0.5) is 34.6 Å². The van der Waals surface area contributed by atoms with Crippen molar-refractivity contribution >= 4 is 73.5 Å². The fourth-order valence-corrected chi connectivity index (χ4v) is 11.8. The van der Waals surface area contributed by atoms with Gasteiger partial charge in [-0.05, 0) is 119 Å². The second-order valence-corrected chi connectivity index (χ2v) is 19.6. The van der Waals surface area contributed by atoms with E-state index in [0.717, 1.165) is 72.3 Å². The first kappa shape index (κ1) is 48.2. The minimum absolute atomic E-state index is 0.0182. The summed E-state index contributed by atoms with van der Waals surface area (Å²) in [5, 5.41) is 5.96. The average molecular weight is 1050 g/mol. The van der Waals surface area contributed by atoms with Gasteiger partial charge in [0.2, 0.25) is 23.3 Å². The molecule has 3 aromatic heterocycles. The molecule has 0 saturated carbocycles. The normalized spacial score (nSPS) is 13.9. The van der Waals surface area contributed by atoms with Crippen LogP contribution in [0.1, 0.15) is 64.8 Å². The fraction of sp³-hybridized carbons (Fsp3) is 0.148. The molecule has 13 nitrogen and oxygen atoms in total. The van der Waals surface area contributed by atoms with E-state index in [9.17, 15) is 36.7 Å². The molecule has 3 aliphatic heterocycles. The number of halogens is 4. The van der Waals surface area contributed by atoms with Crippen molar-refractivity contribution in [3.63, 3.8) is 0 Å². The molecule has 78 heavy (non-hydrogen) atoms. The molecule has 7 aromatic carbocycles. The Morgan fingerprint density at radius 1 is 0.526 bits per heavy atom. The number of esters is 1. The Labute approximate surface area is 442 Å². The number of anilines is 3. The summed E-state index contributed by atoms with van der Waals surface area (Å²) in [7, 11) is 1.63. The lowest BCUT2D eigenvalue weighted by Crippen LogP contribution is -2.49. The Bertz CT molecular complexity index is 4050. The molecule has 0 fully saturated rings. The van der Waals surface area contributed by atoms with Crippen molar-refractivity contribution in [2.75, 3.05) is 48.0 Å². The highest BCUT2D eigenvalue weighted by Crippen LogP contribution is 2.42.